The lowest BCUT2D eigenvalue weighted by Gasteiger charge is -2.12. The Bertz CT molecular complexity index is 507. The summed E-state index contributed by atoms with van der Waals surface area (Å²) in [6.07, 6.45) is 4.97. The molecule has 0 aromatic heterocycles. The van der Waals surface area contributed by atoms with Gasteiger partial charge >= 0.3 is 0 Å². The highest BCUT2D eigenvalue weighted by atomic mass is 32.2. The van der Waals surface area contributed by atoms with Gasteiger partial charge in [-0.15, -0.1) is 0 Å². The molecule has 1 aliphatic rings. The van der Waals surface area contributed by atoms with Gasteiger partial charge in [0.15, 0.2) is 0 Å². The molecule has 1 N–H and O–H groups in total. The molecule has 0 radical (unpaired) electrons. The SMILES string of the molecule is Cc1ccccc1S(=O)(=O)NCCOC1CCCC1. The fraction of sp³-hybridized carbons (Fsp3) is 0.571. The van der Waals surface area contributed by atoms with E-state index in [4.69, 9.17) is 4.74 Å². The molecule has 0 saturated heterocycles. The third-order valence-electron chi connectivity index (χ3n) is 3.43. The second-order valence-corrected chi connectivity index (χ2v) is 6.68. The molecular formula is C14H21NO3S. The van der Waals surface area contributed by atoms with Crippen molar-refractivity contribution < 1.29 is 13.2 Å². The zero-order valence-corrected chi connectivity index (χ0v) is 12.1. The molecule has 0 bridgehead atoms. The van der Waals surface area contributed by atoms with Crippen molar-refractivity contribution >= 4 is 10.0 Å². The molecule has 1 aliphatic carbocycles. The number of hydrogen-bond donors (Lipinski definition) is 1. The summed E-state index contributed by atoms with van der Waals surface area (Å²) < 4.78 is 32.4. The van der Waals surface area contributed by atoms with Crippen LogP contribution in [0.5, 0.6) is 0 Å². The van der Waals surface area contributed by atoms with E-state index in [0.717, 1.165) is 18.4 Å². The van der Waals surface area contributed by atoms with E-state index in [1.165, 1.54) is 12.8 Å². The van der Waals surface area contributed by atoms with Crippen molar-refractivity contribution in [2.45, 2.75) is 43.6 Å². The van der Waals surface area contributed by atoms with Crippen LogP contribution < -0.4 is 4.72 Å². The van der Waals surface area contributed by atoms with Crippen molar-refractivity contribution in [2.24, 2.45) is 0 Å². The van der Waals surface area contributed by atoms with E-state index in [1.54, 1.807) is 25.1 Å². The van der Waals surface area contributed by atoms with Gasteiger partial charge in [0.25, 0.3) is 0 Å². The molecule has 0 unspecified atom stereocenters. The van der Waals surface area contributed by atoms with Gasteiger partial charge in [0.05, 0.1) is 17.6 Å². The van der Waals surface area contributed by atoms with Crippen LogP contribution in [0, 0.1) is 6.92 Å². The predicted molar refractivity (Wildman–Crippen MR) is 74.6 cm³/mol. The van der Waals surface area contributed by atoms with Crippen LogP contribution in [0.2, 0.25) is 0 Å². The van der Waals surface area contributed by atoms with Gasteiger partial charge in [0, 0.05) is 6.54 Å². The molecule has 5 heteroatoms. The largest absolute Gasteiger partial charge is 0.377 e. The molecule has 4 nitrogen and oxygen atoms in total. The molecule has 1 aromatic rings. The maximum atomic E-state index is 12.1. The summed E-state index contributed by atoms with van der Waals surface area (Å²) in [6, 6.07) is 6.98. The van der Waals surface area contributed by atoms with Gasteiger partial charge in [-0.2, -0.15) is 0 Å². The second kappa shape index (κ2) is 6.50. The third-order valence-corrected chi connectivity index (χ3v) is 5.05. The topological polar surface area (TPSA) is 55.4 Å². The lowest BCUT2D eigenvalue weighted by Crippen LogP contribution is -2.29. The summed E-state index contributed by atoms with van der Waals surface area (Å²) in [4.78, 5) is 0.343. The molecule has 0 aliphatic heterocycles. The minimum atomic E-state index is -3.42. The van der Waals surface area contributed by atoms with Gasteiger partial charge < -0.3 is 4.74 Å². The van der Waals surface area contributed by atoms with Crippen molar-refractivity contribution in [3.05, 3.63) is 29.8 Å². The lowest BCUT2D eigenvalue weighted by molar-refractivity contribution is 0.0626. The van der Waals surface area contributed by atoms with Crippen LogP contribution in [-0.4, -0.2) is 27.7 Å². The first-order valence-electron chi connectivity index (χ1n) is 6.76. The van der Waals surface area contributed by atoms with Gasteiger partial charge in [0.1, 0.15) is 0 Å². The summed E-state index contributed by atoms with van der Waals surface area (Å²) in [6.45, 7) is 2.56. The predicted octanol–water partition coefficient (Wildman–Crippen LogP) is 2.23. The molecule has 2 rings (SSSR count). The average Bonchev–Trinajstić information content (AvgIpc) is 2.88. The Hall–Kier alpha value is -0.910. The van der Waals surface area contributed by atoms with E-state index in [0.29, 0.717) is 24.2 Å². The number of ether oxygens (including phenoxy) is 1. The number of nitrogens with one attached hydrogen (secondary N) is 1. The fourth-order valence-corrected chi connectivity index (χ4v) is 3.65. The van der Waals surface area contributed by atoms with Gasteiger partial charge in [0.2, 0.25) is 10.0 Å². The standard InChI is InChI=1S/C14H21NO3S/c1-12-6-2-5-9-14(12)19(16,17)15-10-11-18-13-7-3-4-8-13/h2,5-6,9,13,15H,3-4,7-8,10-11H2,1H3. The molecular weight excluding hydrogens is 262 g/mol. The van der Waals surface area contributed by atoms with Crippen molar-refractivity contribution in [2.75, 3.05) is 13.2 Å². The number of benzene rings is 1. The molecule has 1 saturated carbocycles. The van der Waals surface area contributed by atoms with Crippen molar-refractivity contribution in [1.82, 2.24) is 4.72 Å². The van der Waals surface area contributed by atoms with Crippen LogP contribution in [0.25, 0.3) is 0 Å². The Balaban J connectivity index is 1.82. The smallest absolute Gasteiger partial charge is 0.240 e. The summed E-state index contributed by atoms with van der Waals surface area (Å²) in [7, 11) is -3.42. The van der Waals surface area contributed by atoms with Gasteiger partial charge in [-0.25, -0.2) is 13.1 Å². The number of aryl methyl sites for hydroxylation is 1. The minimum Gasteiger partial charge on any atom is -0.377 e. The van der Waals surface area contributed by atoms with Crippen LogP contribution >= 0.6 is 0 Å². The highest BCUT2D eigenvalue weighted by Crippen LogP contribution is 2.20. The Kier molecular flexibility index (Phi) is 4.96. The third kappa shape index (κ3) is 4.03. The molecule has 19 heavy (non-hydrogen) atoms. The van der Waals surface area contributed by atoms with E-state index in [-0.39, 0.29) is 0 Å². The van der Waals surface area contributed by atoms with E-state index in [1.807, 2.05) is 6.07 Å². The molecule has 0 atom stereocenters. The van der Waals surface area contributed by atoms with Crippen molar-refractivity contribution in [3.63, 3.8) is 0 Å². The summed E-state index contributed by atoms with van der Waals surface area (Å²) in [5.41, 5.74) is 0.756. The maximum Gasteiger partial charge on any atom is 0.240 e. The van der Waals surface area contributed by atoms with E-state index >= 15 is 0 Å². The highest BCUT2D eigenvalue weighted by Gasteiger charge is 2.17. The monoisotopic (exact) mass is 283 g/mol. The van der Waals surface area contributed by atoms with Crippen LogP contribution in [0.3, 0.4) is 0 Å². The first kappa shape index (κ1) is 14.5. The van der Waals surface area contributed by atoms with Gasteiger partial charge in [-0.3, -0.25) is 0 Å². The van der Waals surface area contributed by atoms with Crippen LogP contribution in [0.1, 0.15) is 31.2 Å². The number of rotatable bonds is 6. The molecule has 0 heterocycles. The minimum absolute atomic E-state index is 0.322. The van der Waals surface area contributed by atoms with E-state index in [2.05, 4.69) is 4.72 Å². The first-order valence-corrected chi connectivity index (χ1v) is 8.25. The quantitative estimate of drug-likeness (QED) is 0.815. The molecule has 0 spiro atoms. The van der Waals surface area contributed by atoms with Crippen LogP contribution in [0.15, 0.2) is 29.2 Å². The van der Waals surface area contributed by atoms with Crippen molar-refractivity contribution in [3.8, 4) is 0 Å². The Morgan fingerprint density at radius 1 is 1.26 bits per heavy atom. The number of hydrogen-bond acceptors (Lipinski definition) is 3. The Labute approximate surface area is 115 Å². The fourth-order valence-electron chi connectivity index (χ4n) is 2.39. The Morgan fingerprint density at radius 2 is 1.95 bits per heavy atom. The zero-order chi connectivity index (χ0) is 13.7. The summed E-state index contributed by atoms with van der Waals surface area (Å²) in [5.74, 6) is 0. The lowest BCUT2D eigenvalue weighted by atomic mass is 10.2. The highest BCUT2D eigenvalue weighted by molar-refractivity contribution is 7.89. The van der Waals surface area contributed by atoms with Crippen LogP contribution in [0.4, 0.5) is 0 Å². The molecule has 106 valence electrons. The van der Waals surface area contributed by atoms with Gasteiger partial charge in [-0.05, 0) is 31.4 Å². The maximum absolute atomic E-state index is 12.1. The van der Waals surface area contributed by atoms with Crippen molar-refractivity contribution in [1.29, 1.82) is 0 Å². The van der Waals surface area contributed by atoms with E-state index < -0.39 is 10.0 Å². The first-order chi connectivity index (χ1) is 9.09. The average molecular weight is 283 g/mol. The normalized spacial score (nSPS) is 16.9. The van der Waals surface area contributed by atoms with E-state index in [9.17, 15) is 8.42 Å². The molecule has 1 aromatic carbocycles. The molecule has 1 fully saturated rings. The zero-order valence-electron chi connectivity index (χ0n) is 11.3. The summed E-state index contributed by atoms with van der Waals surface area (Å²) in [5, 5.41) is 0. The second-order valence-electron chi connectivity index (χ2n) is 4.94. The Morgan fingerprint density at radius 3 is 2.63 bits per heavy atom. The van der Waals surface area contributed by atoms with Crippen LogP contribution in [-0.2, 0) is 14.8 Å². The number of sulfonamides is 1. The van der Waals surface area contributed by atoms with Gasteiger partial charge in [-0.1, -0.05) is 31.0 Å². The summed E-state index contributed by atoms with van der Waals surface area (Å²) >= 11 is 0. The molecule has 0 amide bonds.